The first-order chi connectivity index (χ1) is 13.2. The zero-order valence-electron chi connectivity index (χ0n) is 15.3. The van der Waals surface area contributed by atoms with Gasteiger partial charge in [-0.3, -0.25) is 4.79 Å². The molecule has 0 aliphatic carbocycles. The Labute approximate surface area is 160 Å². The van der Waals surface area contributed by atoms with Crippen LogP contribution < -0.4 is 16.0 Å². The van der Waals surface area contributed by atoms with E-state index in [1.807, 2.05) is 4.90 Å². The van der Waals surface area contributed by atoms with Crippen LogP contribution >= 0.6 is 0 Å². The summed E-state index contributed by atoms with van der Waals surface area (Å²) in [6.45, 7) is 2.68. The molecule has 10 heteroatoms. The number of hydrogen-bond donors (Lipinski definition) is 2. The number of rotatable bonds is 4. The van der Waals surface area contributed by atoms with Gasteiger partial charge in [-0.1, -0.05) is 18.2 Å². The standard InChI is InChI=1S/C18H21F3N6O/c1-11-24-16(22)26-17(25-11)27-8-6-12(7-9-27)15(28)23-10-13-4-2-3-5-14(13)18(19,20)21/h2-5,12H,6-10H2,1H3,(H,23,28)(H2,22,24,25,26). The molecule has 0 radical (unpaired) electrons. The molecule has 0 saturated carbocycles. The van der Waals surface area contributed by atoms with Crippen LogP contribution in [0.4, 0.5) is 25.1 Å². The molecule has 3 rings (SSSR count). The highest BCUT2D eigenvalue weighted by atomic mass is 19.4. The monoisotopic (exact) mass is 394 g/mol. The number of amides is 1. The van der Waals surface area contributed by atoms with Gasteiger partial charge in [0.25, 0.3) is 0 Å². The van der Waals surface area contributed by atoms with E-state index in [9.17, 15) is 18.0 Å². The van der Waals surface area contributed by atoms with E-state index in [-0.39, 0.29) is 29.9 Å². The van der Waals surface area contributed by atoms with Crippen LogP contribution in [0, 0.1) is 12.8 Å². The molecule has 1 amide bonds. The number of aryl methyl sites for hydroxylation is 1. The van der Waals surface area contributed by atoms with E-state index < -0.39 is 11.7 Å². The number of nitrogens with zero attached hydrogens (tertiary/aromatic N) is 4. The highest BCUT2D eigenvalue weighted by Crippen LogP contribution is 2.31. The molecule has 28 heavy (non-hydrogen) atoms. The Morgan fingerprint density at radius 1 is 1.21 bits per heavy atom. The van der Waals surface area contributed by atoms with Gasteiger partial charge in [0, 0.05) is 25.6 Å². The number of carbonyl (C=O) groups excluding carboxylic acids is 1. The van der Waals surface area contributed by atoms with Crippen molar-refractivity contribution in [2.75, 3.05) is 23.7 Å². The van der Waals surface area contributed by atoms with E-state index >= 15 is 0 Å². The molecule has 0 unspecified atom stereocenters. The third-order valence-electron chi connectivity index (χ3n) is 4.68. The van der Waals surface area contributed by atoms with Crippen LogP contribution in [-0.4, -0.2) is 33.9 Å². The number of nitrogens with two attached hydrogens (primary N) is 1. The topological polar surface area (TPSA) is 97.0 Å². The second-order valence-corrected chi connectivity index (χ2v) is 6.67. The summed E-state index contributed by atoms with van der Waals surface area (Å²) in [6.07, 6.45) is -3.34. The van der Waals surface area contributed by atoms with Gasteiger partial charge in [-0.05, 0) is 31.4 Å². The Kier molecular flexibility index (Phi) is 5.66. The molecule has 1 aromatic heterocycles. The van der Waals surface area contributed by atoms with Gasteiger partial charge in [0.15, 0.2) is 0 Å². The van der Waals surface area contributed by atoms with Crippen molar-refractivity contribution in [3.05, 3.63) is 41.2 Å². The van der Waals surface area contributed by atoms with Gasteiger partial charge in [0.05, 0.1) is 5.56 Å². The van der Waals surface area contributed by atoms with E-state index in [4.69, 9.17) is 5.73 Å². The number of alkyl halides is 3. The molecule has 150 valence electrons. The third-order valence-corrected chi connectivity index (χ3v) is 4.68. The van der Waals surface area contributed by atoms with E-state index in [1.165, 1.54) is 18.2 Å². The maximum absolute atomic E-state index is 13.0. The number of nitrogens with one attached hydrogen (secondary N) is 1. The van der Waals surface area contributed by atoms with Crippen LogP contribution in [0.3, 0.4) is 0 Å². The molecule has 3 N–H and O–H groups in total. The molecule has 0 bridgehead atoms. The number of nitrogen functional groups attached to an aromatic ring is 1. The van der Waals surface area contributed by atoms with Gasteiger partial charge < -0.3 is 16.0 Å². The van der Waals surface area contributed by atoms with E-state index in [2.05, 4.69) is 20.3 Å². The number of anilines is 2. The van der Waals surface area contributed by atoms with Crippen LogP contribution in [0.2, 0.25) is 0 Å². The van der Waals surface area contributed by atoms with E-state index in [1.54, 1.807) is 6.92 Å². The van der Waals surface area contributed by atoms with Gasteiger partial charge in [-0.2, -0.15) is 28.1 Å². The van der Waals surface area contributed by atoms with Crippen LogP contribution in [0.25, 0.3) is 0 Å². The molecule has 1 aromatic carbocycles. The fraction of sp³-hybridized carbons (Fsp3) is 0.444. The average molecular weight is 394 g/mol. The van der Waals surface area contributed by atoms with Crippen molar-refractivity contribution in [3.8, 4) is 0 Å². The minimum atomic E-state index is -4.45. The number of benzene rings is 1. The summed E-state index contributed by atoms with van der Waals surface area (Å²) in [5.74, 6) is 0.622. The van der Waals surface area contributed by atoms with Gasteiger partial charge in [0.1, 0.15) is 5.82 Å². The van der Waals surface area contributed by atoms with Crippen LogP contribution in [0.5, 0.6) is 0 Å². The highest BCUT2D eigenvalue weighted by Gasteiger charge is 2.33. The number of carbonyl (C=O) groups is 1. The Bertz CT molecular complexity index is 829. The Hall–Kier alpha value is -2.91. The summed E-state index contributed by atoms with van der Waals surface area (Å²) in [7, 11) is 0. The number of piperidine rings is 1. The van der Waals surface area contributed by atoms with Crippen molar-refractivity contribution >= 4 is 17.8 Å². The number of hydrogen-bond acceptors (Lipinski definition) is 6. The van der Waals surface area contributed by atoms with Crippen molar-refractivity contribution in [1.29, 1.82) is 0 Å². The van der Waals surface area contributed by atoms with Crippen LogP contribution in [0.15, 0.2) is 24.3 Å². The first kappa shape index (κ1) is 19.8. The van der Waals surface area contributed by atoms with Gasteiger partial charge in [-0.15, -0.1) is 0 Å². The molecule has 1 saturated heterocycles. The fourth-order valence-electron chi connectivity index (χ4n) is 3.25. The zero-order valence-corrected chi connectivity index (χ0v) is 15.3. The maximum atomic E-state index is 13.0. The Morgan fingerprint density at radius 2 is 1.89 bits per heavy atom. The summed E-state index contributed by atoms with van der Waals surface area (Å²) in [5.41, 5.74) is 4.97. The summed E-state index contributed by atoms with van der Waals surface area (Å²) in [5, 5.41) is 2.64. The SMILES string of the molecule is Cc1nc(N)nc(N2CCC(C(=O)NCc3ccccc3C(F)(F)F)CC2)n1. The van der Waals surface area contributed by atoms with Crippen molar-refractivity contribution < 1.29 is 18.0 Å². The quantitative estimate of drug-likeness (QED) is 0.826. The molecule has 2 heterocycles. The smallest absolute Gasteiger partial charge is 0.368 e. The molecule has 2 aromatic rings. The largest absolute Gasteiger partial charge is 0.416 e. The van der Waals surface area contributed by atoms with E-state index in [0.717, 1.165) is 6.07 Å². The van der Waals surface area contributed by atoms with Crippen molar-refractivity contribution in [2.24, 2.45) is 5.92 Å². The van der Waals surface area contributed by atoms with Crippen LogP contribution in [0.1, 0.15) is 29.8 Å². The fourth-order valence-corrected chi connectivity index (χ4v) is 3.25. The summed E-state index contributed by atoms with van der Waals surface area (Å²) < 4.78 is 39.1. The van der Waals surface area contributed by atoms with Gasteiger partial charge in [0.2, 0.25) is 17.8 Å². The highest BCUT2D eigenvalue weighted by molar-refractivity contribution is 5.79. The molecule has 1 aliphatic rings. The lowest BCUT2D eigenvalue weighted by Crippen LogP contribution is -2.41. The first-order valence-electron chi connectivity index (χ1n) is 8.90. The third kappa shape index (κ3) is 4.68. The summed E-state index contributed by atoms with van der Waals surface area (Å²) in [4.78, 5) is 26.6. The Morgan fingerprint density at radius 3 is 2.54 bits per heavy atom. The maximum Gasteiger partial charge on any atom is 0.416 e. The first-order valence-corrected chi connectivity index (χ1v) is 8.90. The van der Waals surface area contributed by atoms with Crippen molar-refractivity contribution in [1.82, 2.24) is 20.3 Å². The minimum absolute atomic E-state index is 0.0527. The molecule has 1 aliphatic heterocycles. The van der Waals surface area contributed by atoms with E-state index in [0.29, 0.717) is 37.7 Å². The molecular weight excluding hydrogens is 373 g/mol. The number of halogens is 3. The van der Waals surface area contributed by atoms with Crippen molar-refractivity contribution in [2.45, 2.75) is 32.5 Å². The zero-order chi connectivity index (χ0) is 20.3. The van der Waals surface area contributed by atoms with Gasteiger partial charge >= 0.3 is 6.18 Å². The molecule has 7 nitrogen and oxygen atoms in total. The lowest BCUT2D eigenvalue weighted by Gasteiger charge is -2.31. The molecule has 0 spiro atoms. The lowest BCUT2D eigenvalue weighted by atomic mass is 9.96. The second kappa shape index (κ2) is 7.99. The lowest BCUT2D eigenvalue weighted by molar-refractivity contribution is -0.138. The predicted molar refractivity (Wildman–Crippen MR) is 97.2 cm³/mol. The van der Waals surface area contributed by atoms with Crippen LogP contribution in [-0.2, 0) is 17.5 Å². The second-order valence-electron chi connectivity index (χ2n) is 6.67. The van der Waals surface area contributed by atoms with Gasteiger partial charge in [-0.25, -0.2) is 0 Å². The van der Waals surface area contributed by atoms with Crippen molar-refractivity contribution in [3.63, 3.8) is 0 Å². The minimum Gasteiger partial charge on any atom is -0.368 e. The molecular formula is C18H21F3N6O. The predicted octanol–water partition coefficient (Wildman–Crippen LogP) is 2.31. The molecule has 1 fully saturated rings. The summed E-state index contributed by atoms with van der Waals surface area (Å²) >= 11 is 0. The average Bonchev–Trinajstić information content (AvgIpc) is 2.65. The normalized spacial score (nSPS) is 15.5. The Balaban J connectivity index is 1.56. The summed E-state index contributed by atoms with van der Waals surface area (Å²) in [6, 6.07) is 5.25. The number of aromatic nitrogens is 3. The molecule has 0 atom stereocenters.